The summed E-state index contributed by atoms with van der Waals surface area (Å²) in [5.41, 5.74) is -1.22. The van der Waals surface area contributed by atoms with Crippen LogP contribution in [-0.2, 0) is 0 Å². The Balaban J connectivity index is 0. The second kappa shape index (κ2) is 6.81. The van der Waals surface area contributed by atoms with Crippen LogP contribution in [0.2, 0.25) is 0 Å². The molecule has 0 atom stereocenters. The van der Waals surface area contributed by atoms with Crippen LogP contribution in [0.5, 0.6) is 0 Å². The van der Waals surface area contributed by atoms with Crippen LogP contribution in [0.15, 0.2) is 15.7 Å². The summed E-state index contributed by atoms with van der Waals surface area (Å²) in [7, 11) is 9.89. The molecule has 1 rings (SSSR count). The van der Waals surface area contributed by atoms with Gasteiger partial charge in [-0.3, -0.25) is 9.36 Å². The third-order valence-corrected chi connectivity index (χ3v) is 0.931. The molecule has 0 saturated heterocycles. The minimum Gasteiger partial charge on any atom is -0.309 e. The average Bonchev–Trinajstić information content (AvgIpc) is 1.98. The van der Waals surface area contributed by atoms with Crippen molar-refractivity contribution >= 4 is 0 Å². The van der Waals surface area contributed by atoms with E-state index in [1.807, 2.05) is 0 Å². The molecule has 1 aromatic rings. The Morgan fingerprint density at radius 2 is 1.27 bits per heavy atom. The van der Waals surface area contributed by atoms with Crippen LogP contribution >= 0.6 is 0 Å². The first-order chi connectivity index (χ1) is 4.13. The zero-order valence-electron chi connectivity index (χ0n) is 6.44. The summed E-state index contributed by atoms with van der Waals surface area (Å²) >= 11 is 0. The minimum atomic E-state index is -0.609. The fraction of sp³-hybridized carbons (Fsp3) is 0. The molecule has 0 bridgehead atoms. The fourth-order valence-electron chi connectivity index (χ4n) is 0.450. The van der Waals surface area contributed by atoms with Crippen molar-refractivity contribution < 1.29 is 116 Å². The van der Waals surface area contributed by atoms with Gasteiger partial charge in [-0.1, -0.05) is 0 Å². The van der Waals surface area contributed by atoms with Gasteiger partial charge < -0.3 is 9.59 Å². The molecular formula is C5H3N2O2Rb2+. The largest absolute Gasteiger partial charge is 1.00 e. The summed E-state index contributed by atoms with van der Waals surface area (Å²) in [6, 6.07) is 0.806. The molecule has 0 amide bonds. The third kappa shape index (κ3) is 3.97. The Kier molecular flexibility index (Phi) is 9.83. The maximum Gasteiger partial charge on any atom is 1.00 e. The SMILES string of the molecule is [CH]n1c(=O)[cH-]c(=O)n1[CH].[Rb+].[Rb+]. The van der Waals surface area contributed by atoms with Gasteiger partial charge in [0.25, 0.3) is 0 Å². The molecule has 0 unspecified atom stereocenters. The molecule has 0 aromatic carbocycles. The van der Waals surface area contributed by atoms with E-state index in [-0.39, 0.29) is 116 Å². The monoisotopic (exact) mass is 293 g/mol. The summed E-state index contributed by atoms with van der Waals surface area (Å²) in [6.07, 6.45) is 0. The molecule has 1 heterocycles. The number of aromatic nitrogens is 2. The molecule has 0 aliphatic carbocycles. The van der Waals surface area contributed by atoms with Crippen LogP contribution in [0.25, 0.3) is 0 Å². The van der Waals surface area contributed by atoms with Gasteiger partial charge in [0, 0.05) is 0 Å². The fourth-order valence-corrected chi connectivity index (χ4v) is 0.450. The third-order valence-electron chi connectivity index (χ3n) is 0.931. The van der Waals surface area contributed by atoms with Crippen molar-refractivity contribution in [2.24, 2.45) is 0 Å². The van der Waals surface area contributed by atoms with Crippen LogP contribution in [0.3, 0.4) is 0 Å². The van der Waals surface area contributed by atoms with E-state index in [4.69, 9.17) is 14.1 Å². The smallest absolute Gasteiger partial charge is 0.309 e. The Morgan fingerprint density at radius 3 is 1.36 bits per heavy atom. The Hall–Kier alpha value is 2.42. The second-order valence-electron chi connectivity index (χ2n) is 1.51. The first kappa shape index (κ1) is 15.9. The molecule has 0 spiro atoms. The van der Waals surface area contributed by atoms with Gasteiger partial charge in [-0.25, -0.2) is 6.07 Å². The van der Waals surface area contributed by atoms with Crippen LogP contribution in [-0.4, -0.2) is 9.36 Å². The van der Waals surface area contributed by atoms with E-state index in [9.17, 15) is 9.59 Å². The maximum absolute atomic E-state index is 10.4. The van der Waals surface area contributed by atoms with E-state index in [1.165, 1.54) is 0 Å². The topological polar surface area (TPSA) is 44.0 Å². The summed E-state index contributed by atoms with van der Waals surface area (Å²) in [4.78, 5) is 20.8. The van der Waals surface area contributed by atoms with Crippen molar-refractivity contribution in [2.45, 2.75) is 0 Å². The van der Waals surface area contributed by atoms with Crippen LogP contribution in [0.1, 0.15) is 0 Å². The predicted octanol–water partition coefficient (Wildman–Crippen LogP) is -7.23. The zero-order valence-corrected chi connectivity index (χ0v) is 16.3. The molecule has 1 aromatic heterocycles. The summed E-state index contributed by atoms with van der Waals surface area (Å²) in [6.45, 7) is 0. The van der Waals surface area contributed by atoms with E-state index in [1.54, 1.807) is 0 Å². The van der Waals surface area contributed by atoms with Crippen molar-refractivity contribution in [1.82, 2.24) is 9.36 Å². The summed E-state index contributed by atoms with van der Waals surface area (Å²) in [5.74, 6) is 0. The van der Waals surface area contributed by atoms with Crippen LogP contribution < -0.4 is 127 Å². The van der Waals surface area contributed by atoms with Gasteiger partial charge in [0.1, 0.15) is 25.2 Å². The molecule has 6 heteroatoms. The predicted molar refractivity (Wildman–Crippen MR) is 30.0 cm³/mol. The van der Waals surface area contributed by atoms with Crippen molar-refractivity contribution in [1.29, 1.82) is 0 Å². The normalized spacial score (nSPS) is 8.18. The maximum atomic E-state index is 10.4. The standard InChI is InChI=1S/C5H3N2O2.2Rb/c1-6-4(8)3-5(9)7(6)2;;/h1-3H;;/q-1;2*+1. The van der Waals surface area contributed by atoms with Crippen molar-refractivity contribution in [3.05, 3.63) is 40.9 Å². The number of hydrogen-bond acceptors (Lipinski definition) is 2. The minimum absolute atomic E-state index is 0. The molecule has 0 N–H and O–H groups in total. The zero-order chi connectivity index (χ0) is 7.02. The van der Waals surface area contributed by atoms with E-state index in [2.05, 4.69) is 0 Å². The van der Waals surface area contributed by atoms with E-state index < -0.39 is 11.1 Å². The summed E-state index contributed by atoms with van der Waals surface area (Å²) < 4.78 is 1.06. The molecule has 0 fully saturated rings. The first-order valence-corrected chi connectivity index (χ1v) is 2.15. The quantitative estimate of drug-likeness (QED) is 0.446. The van der Waals surface area contributed by atoms with Crippen molar-refractivity contribution in [2.75, 3.05) is 0 Å². The van der Waals surface area contributed by atoms with Gasteiger partial charge in [-0.15, -0.1) is 0 Å². The Bertz CT molecular complexity index is 291. The van der Waals surface area contributed by atoms with Crippen LogP contribution in [0, 0.1) is 14.1 Å². The second-order valence-corrected chi connectivity index (χ2v) is 1.51. The number of nitrogens with zero attached hydrogens (tertiary/aromatic N) is 2. The number of hydrogen-bond donors (Lipinski definition) is 0. The van der Waals surface area contributed by atoms with E-state index in [0.717, 1.165) is 6.07 Å². The molecule has 0 aliphatic heterocycles. The van der Waals surface area contributed by atoms with Gasteiger partial charge in [-0.2, -0.15) is 0 Å². The molecule has 46 valence electrons. The molecule has 4 nitrogen and oxygen atoms in total. The van der Waals surface area contributed by atoms with Gasteiger partial charge in [0.05, 0.1) is 0 Å². The Morgan fingerprint density at radius 1 is 1.00 bits per heavy atom. The van der Waals surface area contributed by atoms with Crippen LogP contribution in [0.4, 0.5) is 0 Å². The molecule has 11 heavy (non-hydrogen) atoms. The van der Waals surface area contributed by atoms with Crippen molar-refractivity contribution in [3.8, 4) is 0 Å². The van der Waals surface area contributed by atoms with Gasteiger partial charge in [0.15, 0.2) is 0 Å². The Labute approximate surface area is 162 Å². The summed E-state index contributed by atoms with van der Waals surface area (Å²) in [5, 5.41) is 0. The van der Waals surface area contributed by atoms with E-state index >= 15 is 0 Å². The average molecular weight is 294 g/mol. The first-order valence-electron chi connectivity index (χ1n) is 2.15. The van der Waals surface area contributed by atoms with Gasteiger partial charge in [-0.05, 0) is 0 Å². The van der Waals surface area contributed by atoms with Crippen molar-refractivity contribution in [3.63, 3.8) is 0 Å². The molecule has 0 saturated carbocycles. The van der Waals surface area contributed by atoms with E-state index in [0.29, 0.717) is 9.36 Å². The molecular weight excluding hydrogens is 291 g/mol. The molecule has 0 aliphatic rings. The van der Waals surface area contributed by atoms with Gasteiger partial charge >= 0.3 is 116 Å². The molecule has 4 radical (unpaired) electrons. The number of rotatable bonds is 0. The van der Waals surface area contributed by atoms with Gasteiger partial charge in [0.2, 0.25) is 0 Å².